The third-order valence-electron chi connectivity index (χ3n) is 3.74. The molecule has 0 bridgehead atoms. The summed E-state index contributed by atoms with van der Waals surface area (Å²) >= 11 is 6.14. The normalized spacial score (nSPS) is 16.6. The molecular weight excluding hydrogens is 278 g/mol. The van der Waals surface area contributed by atoms with E-state index in [0.29, 0.717) is 16.3 Å². The van der Waals surface area contributed by atoms with Crippen molar-refractivity contribution in [1.82, 2.24) is 4.98 Å². The molecule has 0 radical (unpaired) electrons. The minimum absolute atomic E-state index is 0.0178. The van der Waals surface area contributed by atoms with Crippen molar-refractivity contribution in [2.24, 2.45) is 0 Å². The van der Waals surface area contributed by atoms with Gasteiger partial charge in [0.1, 0.15) is 16.9 Å². The maximum Gasteiger partial charge on any atom is 0.307 e. The van der Waals surface area contributed by atoms with Crippen molar-refractivity contribution in [1.29, 1.82) is 0 Å². The Balaban J connectivity index is 1.98. The van der Waals surface area contributed by atoms with E-state index in [0.717, 1.165) is 24.6 Å². The molecule has 0 atom stereocenters. The van der Waals surface area contributed by atoms with Gasteiger partial charge in [0, 0.05) is 11.6 Å². The zero-order valence-corrected chi connectivity index (χ0v) is 11.6. The lowest BCUT2D eigenvalue weighted by molar-refractivity contribution is -0.144. The summed E-state index contributed by atoms with van der Waals surface area (Å²) in [5.41, 5.74) is 0.0843. The highest BCUT2D eigenvalue weighted by atomic mass is 35.5. The van der Waals surface area contributed by atoms with Crippen LogP contribution in [-0.4, -0.2) is 21.7 Å². The first-order chi connectivity index (χ1) is 9.60. The summed E-state index contributed by atoms with van der Waals surface area (Å²) in [6.07, 6.45) is 4.21. The number of carbonyl (C=O) groups is 1. The molecule has 3 rings (SSSR count). The molecule has 0 aliphatic heterocycles. The van der Waals surface area contributed by atoms with Crippen LogP contribution >= 0.6 is 11.6 Å². The summed E-state index contributed by atoms with van der Waals surface area (Å²) in [7, 11) is 0. The van der Waals surface area contributed by atoms with Crippen molar-refractivity contribution in [2.75, 3.05) is 0 Å². The van der Waals surface area contributed by atoms with E-state index >= 15 is 0 Å². The molecule has 1 aliphatic carbocycles. The first-order valence-electron chi connectivity index (χ1n) is 6.54. The molecule has 0 spiro atoms. The first kappa shape index (κ1) is 13.2. The quantitative estimate of drug-likeness (QED) is 0.934. The highest BCUT2D eigenvalue weighted by molar-refractivity contribution is 6.35. The van der Waals surface area contributed by atoms with Crippen LogP contribution in [0.2, 0.25) is 5.02 Å². The summed E-state index contributed by atoms with van der Waals surface area (Å²) < 4.78 is 6.02. The number of ether oxygens (including phenoxy) is 1. The van der Waals surface area contributed by atoms with Gasteiger partial charge in [-0.2, -0.15) is 0 Å². The number of nitrogens with zero attached hydrogens (tertiary/aromatic N) is 1. The number of aromatic nitrogens is 1. The Bertz CT molecular complexity index is 667. The Hall–Kier alpha value is -1.81. The van der Waals surface area contributed by atoms with E-state index in [-0.39, 0.29) is 6.42 Å². The van der Waals surface area contributed by atoms with E-state index in [9.17, 15) is 4.79 Å². The average molecular weight is 292 g/mol. The van der Waals surface area contributed by atoms with Gasteiger partial charge in [-0.15, -0.1) is 0 Å². The van der Waals surface area contributed by atoms with Crippen LogP contribution in [0.3, 0.4) is 0 Å². The smallest absolute Gasteiger partial charge is 0.307 e. The molecule has 2 aromatic rings. The van der Waals surface area contributed by atoms with Crippen LogP contribution in [0.15, 0.2) is 30.5 Å². The van der Waals surface area contributed by atoms with Crippen LogP contribution < -0.4 is 4.74 Å². The van der Waals surface area contributed by atoms with Gasteiger partial charge >= 0.3 is 5.97 Å². The summed E-state index contributed by atoms with van der Waals surface area (Å²) in [6.45, 7) is 0. The molecule has 0 saturated heterocycles. The SMILES string of the molecule is O=C(O)CC1(Oc2ccc(Cl)c3cccnc23)CCC1. The van der Waals surface area contributed by atoms with Crippen LogP contribution in [0.4, 0.5) is 0 Å². The molecule has 1 N–H and O–H groups in total. The lowest BCUT2D eigenvalue weighted by atomic mass is 9.77. The fourth-order valence-corrected chi connectivity index (χ4v) is 2.80. The van der Waals surface area contributed by atoms with Crippen molar-refractivity contribution >= 4 is 28.5 Å². The van der Waals surface area contributed by atoms with Crippen molar-refractivity contribution in [3.8, 4) is 5.75 Å². The van der Waals surface area contributed by atoms with Gasteiger partial charge in [-0.3, -0.25) is 9.78 Å². The number of benzene rings is 1. The fraction of sp³-hybridized carbons (Fsp3) is 0.333. The number of pyridine rings is 1. The number of halogens is 1. The molecule has 0 unspecified atom stereocenters. The van der Waals surface area contributed by atoms with Gasteiger partial charge in [0.15, 0.2) is 0 Å². The maximum absolute atomic E-state index is 11.0. The monoisotopic (exact) mass is 291 g/mol. The number of aliphatic carboxylic acids is 1. The largest absolute Gasteiger partial charge is 0.484 e. The van der Waals surface area contributed by atoms with Crippen LogP contribution in [0.25, 0.3) is 10.9 Å². The average Bonchev–Trinajstić information content (AvgIpc) is 2.39. The second-order valence-electron chi connectivity index (χ2n) is 5.15. The van der Waals surface area contributed by atoms with Crippen LogP contribution in [0.5, 0.6) is 5.75 Å². The Labute approximate surface area is 121 Å². The predicted octanol–water partition coefficient (Wildman–Crippen LogP) is 3.66. The molecule has 1 aromatic heterocycles. The standard InChI is InChI=1S/C15H14ClNO3/c16-11-4-5-12(14-10(11)3-1-8-17-14)20-15(6-2-7-15)9-13(18)19/h1,3-5,8H,2,6-7,9H2,(H,18,19). The van der Waals surface area contributed by atoms with Gasteiger partial charge in [0.2, 0.25) is 0 Å². The Morgan fingerprint density at radius 3 is 2.85 bits per heavy atom. The summed E-state index contributed by atoms with van der Waals surface area (Å²) in [6, 6.07) is 7.21. The number of hydrogen-bond acceptors (Lipinski definition) is 3. The molecule has 1 aromatic carbocycles. The molecule has 1 aliphatic rings. The van der Waals surface area contributed by atoms with E-state index < -0.39 is 11.6 Å². The zero-order valence-electron chi connectivity index (χ0n) is 10.8. The minimum atomic E-state index is -0.837. The van der Waals surface area contributed by atoms with Crippen LogP contribution in [0.1, 0.15) is 25.7 Å². The number of fused-ring (bicyclic) bond motifs is 1. The first-order valence-corrected chi connectivity index (χ1v) is 6.91. The van der Waals surface area contributed by atoms with E-state index in [4.69, 9.17) is 21.4 Å². The fourth-order valence-electron chi connectivity index (χ4n) is 2.59. The summed E-state index contributed by atoms with van der Waals surface area (Å²) in [4.78, 5) is 15.3. The molecule has 1 fully saturated rings. The van der Waals surface area contributed by atoms with Gasteiger partial charge in [-0.1, -0.05) is 11.6 Å². The predicted molar refractivity (Wildman–Crippen MR) is 76.2 cm³/mol. The molecule has 5 heteroatoms. The number of rotatable bonds is 4. The number of carboxylic acid groups (broad SMARTS) is 1. The van der Waals surface area contributed by atoms with Gasteiger partial charge in [0.25, 0.3) is 0 Å². The second kappa shape index (κ2) is 4.94. The van der Waals surface area contributed by atoms with Crippen molar-refractivity contribution in [2.45, 2.75) is 31.3 Å². The van der Waals surface area contributed by atoms with E-state index in [2.05, 4.69) is 4.98 Å². The van der Waals surface area contributed by atoms with Gasteiger partial charge in [0.05, 0.1) is 11.4 Å². The summed E-state index contributed by atoms with van der Waals surface area (Å²) in [5.74, 6) is -0.234. The third kappa shape index (κ3) is 2.31. The number of carboxylic acids is 1. The molecule has 0 amide bonds. The molecular formula is C15H14ClNO3. The van der Waals surface area contributed by atoms with Crippen LogP contribution in [0, 0.1) is 0 Å². The minimum Gasteiger partial charge on any atom is -0.484 e. The molecule has 1 heterocycles. The van der Waals surface area contributed by atoms with Crippen molar-refractivity contribution in [3.05, 3.63) is 35.5 Å². The van der Waals surface area contributed by atoms with E-state index in [1.807, 2.05) is 12.1 Å². The van der Waals surface area contributed by atoms with Crippen LogP contribution in [-0.2, 0) is 4.79 Å². The zero-order chi connectivity index (χ0) is 14.2. The van der Waals surface area contributed by atoms with Gasteiger partial charge in [-0.05, 0) is 43.5 Å². The highest BCUT2D eigenvalue weighted by Gasteiger charge is 2.41. The second-order valence-corrected chi connectivity index (χ2v) is 5.56. The highest BCUT2D eigenvalue weighted by Crippen LogP contribution is 2.41. The lowest BCUT2D eigenvalue weighted by Gasteiger charge is -2.40. The third-order valence-corrected chi connectivity index (χ3v) is 4.07. The van der Waals surface area contributed by atoms with Crippen molar-refractivity contribution < 1.29 is 14.6 Å². The Morgan fingerprint density at radius 2 is 2.20 bits per heavy atom. The molecule has 104 valence electrons. The molecule has 20 heavy (non-hydrogen) atoms. The molecule has 1 saturated carbocycles. The molecule has 4 nitrogen and oxygen atoms in total. The van der Waals surface area contributed by atoms with E-state index in [1.54, 1.807) is 18.3 Å². The Kier molecular flexibility index (Phi) is 3.26. The maximum atomic E-state index is 11.0. The van der Waals surface area contributed by atoms with E-state index in [1.165, 1.54) is 0 Å². The topological polar surface area (TPSA) is 59.4 Å². The Morgan fingerprint density at radius 1 is 1.40 bits per heavy atom. The number of hydrogen-bond donors (Lipinski definition) is 1. The summed E-state index contributed by atoms with van der Waals surface area (Å²) in [5, 5.41) is 10.5. The lowest BCUT2D eigenvalue weighted by Crippen LogP contribution is -2.45. The van der Waals surface area contributed by atoms with Gasteiger partial charge in [-0.25, -0.2) is 0 Å². The van der Waals surface area contributed by atoms with Crippen molar-refractivity contribution in [3.63, 3.8) is 0 Å². The van der Waals surface area contributed by atoms with Gasteiger partial charge < -0.3 is 9.84 Å².